The zero-order valence-electron chi connectivity index (χ0n) is 12.9. The second-order valence-electron chi connectivity index (χ2n) is 6.11. The van der Waals surface area contributed by atoms with E-state index in [1.54, 1.807) is 18.6 Å². The van der Waals surface area contributed by atoms with Crippen molar-refractivity contribution in [3.8, 4) is 0 Å². The van der Waals surface area contributed by atoms with Crippen LogP contribution in [-0.2, 0) is 13.0 Å². The Kier molecular flexibility index (Phi) is 4.44. The lowest BCUT2D eigenvalue weighted by atomic mass is 10.0. The SMILES string of the molecule is CC(C)c1nnc(CN2C[C@@H](Cc3cnccn3)[C@H](O)C2)o1. The molecule has 7 heteroatoms. The molecule has 1 aliphatic heterocycles. The van der Waals surface area contributed by atoms with Gasteiger partial charge in [-0.2, -0.15) is 0 Å². The van der Waals surface area contributed by atoms with E-state index in [1.165, 1.54) is 0 Å². The molecular weight excluding hydrogens is 282 g/mol. The first-order chi connectivity index (χ1) is 10.6. The Balaban J connectivity index is 1.58. The van der Waals surface area contributed by atoms with E-state index >= 15 is 0 Å². The third kappa shape index (κ3) is 3.48. The monoisotopic (exact) mass is 303 g/mol. The number of hydrogen-bond acceptors (Lipinski definition) is 7. The summed E-state index contributed by atoms with van der Waals surface area (Å²) in [6.07, 6.45) is 5.45. The van der Waals surface area contributed by atoms with Crippen LogP contribution in [0.2, 0.25) is 0 Å². The second-order valence-corrected chi connectivity index (χ2v) is 6.11. The molecule has 0 aromatic carbocycles. The first-order valence-corrected chi connectivity index (χ1v) is 7.59. The molecular formula is C15H21N5O2. The molecule has 2 atom stereocenters. The average molecular weight is 303 g/mol. The third-order valence-corrected chi connectivity index (χ3v) is 3.91. The average Bonchev–Trinajstić information content (AvgIpc) is 3.08. The molecule has 0 bridgehead atoms. The van der Waals surface area contributed by atoms with Crippen LogP contribution in [0.5, 0.6) is 0 Å². The van der Waals surface area contributed by atoms with Gasteiger partial charge in [0.05, 0.1) is 18.3 Å². The number of aromatic nitrogens is 4. The van der Waals surface area contributed by atoms with E-state index in [4.69, 9.17) is 4.42 Å². The Labute approximate surface area is 129 Å². The van der Waals surface area contributed by atoms with Gasteiger partial charge in [0, 0.05) is 43.5 Å². The van der Waals surface area contributed by atoms with Crippen LogP contribution in [0, 0.1) is 5.92 Å². The van der Waals surface area contributed by atoms with Crippen LogP contribution in [0.3, 0.4) is 0 Å². The second kappa shape index (κ2) is 6.50. The summed E-state index contributed by atoms with van der Waals surface area (Å²) in [4.78, 5) is 10.5. The van der Waals surface area contributed by atoms with Crippen LogP contribution in [0.25, 0.3) is 0 Å². The van der Waals surface area contributed by atoms with Gasteiger partial charge in [-0.25, -0.2) is 0 Å². The molecule has 7 nitrogen and oxygen atoms in total. The highest BCUT2D eigenvalue weighted by Crippen LogP contribution is 2.22. The number of hydrogen-bond donors (Lipinski definition) is 1. The van der Waals surface area contributed by atoms with Gasteiger partial charge in [0.25, 0.3) is 0 Å². The van der Waals surface area contributed by atoms with Crippen molar-refractivity contribution in [2.45, 2.75) is 38.8 Å². The molecule has 0 radical (unpaired) electrons. The molecule has 0 unspecified atom stereocenters. The van der Waals surface area contributed by atoms with Gasteiger partial charge < -0.3 is 9.52 Å². The molecule has 1 N–H and O–H groups in total. The molecule has 0 saturated carbocycles. The fourth-order valence-corrected chi connectivity index (χ4v) is 2.73. The summed E-state index contributed by atoms with van der Waals surface area (Å²) in [5, 5.41) is 18.3. The van der Waals surface area contributed by atoms with Gasteiger partial charge in [0.2, 0.25) is 11.8 Å². The molecule has 0 amide bonds. The molecule has 1 aliphatic rings. The minimum atomic E-state index is -0.366. The quantitative estimate of drug-likeness (QED) is 0.882. The highest BCUT2D eigenvalue weighted by atomic mass is 16.4. The van der Waals surface area contributed by atoms with Gasteiger partial charge in [-0.15, -0.1) is 10.2 Å². The maximum atomic E-state index is 10.2. The highest BCUT2D eigenvalue weighted by molar-refractivity contribution is 5.00. The Hall–Kier alpha value is -1.86. The Morgan fingerprint density at radius 1 is 1.32 bits per heavy atom. The fraction of sp³-hybridized carbons (Fsp3) is 0.600. The van der Waals surface area contributed by atoms with E-state index in [2.05, 4.69) is 25.1 Å². The lowest BCUT2D eigenvalue weighted by Gasteiger charge is -2.13. The predicted octanol–water partition coefficient (Wildman–Crippen LogP) is 1.02. The van der Waals surface area contributed by atoms with E-state index in [0.29, 0.717) is 24.9 Å². The fourth-order valence-electron chi connectivity index (χ4n) is 2.73. The van der Waals surface area contributed by atoms with Crippen LogP contribution in [0.1, 0.15) is 37.2 Å². The molecule has 118 valence electrons. The summed E-state index contributed by atoms with van der Waals surface area (Å²) in [7, 11) is 0. The third-order valence-electron chi connectivity index (χ3n) is 3.91. The Morgan fingerprint density at radius 2 is 2.18 bits per heavy atom. The van der Waals surface area contributed by atoms with Crippen molar-refractivity contribution in [3.05, 3.63) is 36.1 Å². The van der Waals surface area contributed by atoms with Crippen molar-refractivity contribution in [1.82, 2.24) is 25.1 Å². The van der Waals surface area contributed by atoms with Gasteiger partial charge in [-0.3, -0.25) is 14.9 Å². The predicted molar refractivity (Wildman–Crippen MR) is 78.9 cm³/mol. The molecule has 3 rings (SSSR count). The molecule has 3 heterocycles. The zero-order chi connectivity index (χ0) is 15.5. The van der Waals surface area contributed by atoms with Crippen molar-refractivity contribution in [2.75, 3.05) is 13.1 Å². The summed E-state index contributed by atoms with van der Waals surface area (Å²) < 4.78 is 5.63. The molecule has 1 saturated heterocycles. The van der Waals surface area contributed by atoms with Crippen molar-refractivity contribution >= 4 is 0 Å². The zero-order valence-corrected chi connectivity index (χ0v) is 12.9. The summed E-state index contributed by atoms with van der Waals surface area (Å²) in [6.45, 7) is 6.02. The molecule has 2 aromatic rings. The van der Waals surface area contributed by atoms with Gasteiger partial charge >= 0.3 is 0 Å². The maximum Gasteiger partial charge on any atom is 0.230 e. The van der Waals surface area contributed by atoms with Gasteiger partial charge in [0.1, 0.15) is 0 Å². The largest absolute Gasteiger partial charge is 0.424 e. The minimum absolute atomic E-state index is 0.157. The van der Waals surface area contributed by atoms with Crippen LogP contribution < -0.4 is 0 Å². The van der Waals surface area contributed by atoms with Crippen molar-refractivity contribution < 1.29 is 9.52 Å². The van der Waals surface area contributed by atoms with E-state index in [-0.39, 0.29) is 17.9 Å². The number of β-amino-alcohol motifs (C(OH)–C–C–N with tert-alkyl or cyclic N) is 1. The smallest absolute Gasteiger partial charge is 0.230 e. The molecule has 22 heavy (non-hydrogen) atoms. The standard InChI is InChI=1S/C15H21N5O2/c1-10(2)15-19-18-14(22-15)9-20-7-11(13(21)8-20)5-12-6-16-3-4-17-12/h3-4,6,10-11,13,21H,5,7-9H2,1-2H3/t11-,13-/m1/s1. The summed E-state index contributed by atoms with van der Waals surface area (Å²) in [6, 6.07) is 0. The Bertz CT molecular complexity index is 601. The summed E-state index contributed by atoms with van der Waals surface area (Å²) in [5.74, 6) is 1.65. The summed E-state index contributed by atoms with van der Waals surface area (Å²) >= 11 is 0. The summed E-state index contributed by atoms with van der Waals surface area (Å²) in [5.41, 5.74) is 0.910. The molecule has 0 spiro atoms. The van der Waals surface area contributed by atoms with Gasteiger partial charge in [-0.1, -0.05) is 13.8 Å². The lowest BCUT2D eigenvalue weighted by molar-refractivity contribution is 0.139. The van der Waals surface area contributed by atoms with Crippen LogP contribution >= 0.6 is 0 Å². The van der Waals surface area contributed by atoms with Crippen molar-refractivity contribution in [3.63, 3.8) is 0 Å². The van der Waals surface area contributed by atoms with Crippen molar-refractivity contribution in [2.24, 2.45) is 5.92 Å². The topological polar surface area (TPSA) is 88.2 Å². The molecule has 1 fully saturated rings. The number of aliphatic hydroxyl groups is 1. The lowest BCUT2D eigenvalue weighted by Crippen LogP contribution is -2.21. The number of nitrogens with zero attached hydrogens (tertiary/aromatic N) is 5. The Morgan fingerprint density at radius 3 is 2.86 bits per heavy atom. The number of aliphatic hydroxyl groups excluding tert-OH is 1. The van der Waals surface area contributed by atoms with Gasteiger partial charge in [-0.05, 0) is 6.42 Å². The van der Waals surface area contributed by atoms with Crippen LogP contribution in [0.4, 0.5) is 0 Å². The number of rotatable bonds is 5. The van der Waals surface area contributed by atoms with E-state index in [1.807, 2.05) is 13.8 Å². The highest BCUT2D eigenvalue weighted by Gasteiger charge is 2.32. The number of likely N-dealkylation sites (tertiary alicyclic amines) is 1. The first kappa shape index (κ1) is 15.1. The first-order valence-electron chi connectivity index (χ1n) is 7.59. The van der Waals surface area contributed by atoms with E-state index in [9.17, 15) is 5.11 Å². The van der Waals surface area contributed by atoms with E-state index in [0.717, 1.165) is 18.7 Å². The molecule has 0 aliphatic carbocycles. The normalized spacial score (nSPS) is 22.5. The van der Waals surface area contributed by atoms with Crippen LogP contribution in [-0.4, -0.2) is 49.4 Å². The van der Waals surface area contributed by atoms with E-state index < -0.39 is 0 Å². The maximum absolute atomic E-state index is 10.2. The minimum Gasteiger partial charge on any atom is -0.424 e. The van der Waals surface area contributed by atoms with Crippen LogP contribution in [0.15, 0.2) is 23.0 Å². The van der Waals surface area contributed by atoms with Crippen molar-refractivity contribution in [1.29, 1.82) is 0 Å². The van der Waals surface area contributed by atoms with Gasteiger partial charge in [0.15, 0.2) is 0 Å². The molecule has 2 aromatic heterocycles.